The van der Waals surface area contributed by atoms with Crippen LogP contribution in [0.3, 0.4) is 0 Å². The molecule has 0 saturated heterocycles. The molecule has 0 saturated carbocycles. The summed E-state index contributed by atoms with van der Waals surface area (Å²) in [7, 11) is 0. The molecular formula is C20H21N3O2. The van der Waals surface area contributed by atoms with Crippen molar-refractivity contribution in [2.24, 2.45) is 0 Å². The zero-order valence-corrected chi connectivity index (χ0v) is 14.2. The molecule has 0 unspecified atom stereocenters. The van der Waals surface area contributed by atoms with Crippen LogP contribution >= 0.6 is 0 Å². The lowest BCUT2D eigenvalue weighted by Gasteiger charge is -2.09. The van der Waals surface area contributed by atoms with E-state index in [1.807, 2.05) is 47.3 Å². The minimum Gasteiger partial charge on any atom is -0.478 e. The van der Waals surface area contributed by atoms with Crippen LogP contribution in [0.25, 0.3) is 11.1 Å². The summed E-state index contributed by atoms with van der Waals surface area (Å²) in [6, 6.07) is 15.0. The Morgan fingerprint density at radius 2 is 1.88 bits per heavy atom. The van der Waals surface area contributed by atoms with Crippen molar-refractivity contribution in [1.82, 2.24) is 15.0 Å². The zero-order valence-electron chi connectivity index (χ0n) is 14.2. The molecule has 0 atom stereocenters. The fourth-order valence-electron chi connectivity index (χ4n) is 2.85. The van der Waals surface area contributed by atoms with Crippen LogP contribution in [-0.2, 0) is 13.0 Å². The number of benzene rings is 2. The lowest BCUT2D eigenvalue weighted by atomic mass is 9.99. The van der Waals surface area contributed by atoms with Crippen molar-refractivity contribution in [3.05, 3.63) is 71.5 Å². The molecule has 0 amide bonds. The molecule has 1 aromatic heterocycles. The summed E-state index contributed by atoms with van der Waals surface area (Å²) in [5.74, 6) is -0.914. The Hall–Kier alpha value is -2.95. The number of aryl methyl sites for hydroxylation is 1. The van der Waals surface area contributed by atoms with Crippen molar-refractivity contribution in [2.45, 2.75) is 32.7 Å². The summed E-state index contributed by atoms with van der Waals surface area (Å²) >= 11 is 0. The summed E-state index contributed by atoms with van der Waals surface area (Å²) < 4.78 is 1.93. The SMILES string of the molecule is CCCCc1cnnn1Cc1ccc(-c2ccccc2C(=O)O)cc1. The third-order valence-corrected chi connectivity index (χ3v) is 4.24. The molecule has 0 radical (unpaired) electrons. The summed E-state index contributed by atoms with van der Waals surface area (Å²) in [5, 5.41) is 17.5. The Morgan fingerprint density at radius 3 is 2.60 bits per heavy atom. The van der Waals surface area contributed by atoms with Crippen LogP contribution in [-0.4, -0.2) is 26.1 Å². The Morgan fingerprint density at radius 1 is 1.12 bits per heavy atom. The number of carboxylic acid groups (broad SMARTS) is 1. The molecule has 3 rings (SSSR count). The van der Waals surface area contributed by atoms with Crippen LogP contribution in [0.4, 0.5) is 0 Å². The number of aromatic carboxylic acids is 1. The maximum absolute atomic E-state index is 11.4. The number of rotatable bonds is 7. The van der Waals surface area contributed by atoms with Gasteiger partial charge in [-0.15, -0.1) is 5.10 Å². The van der Waals surface area contributed by atoms with E-state index in [2.05, 4.69) is 17.2 Å². The average Bonchev–Trinajstić information content (AvgIpc) is 3.07. The largest absolute Gasteiger partial charge is 0.478 e. The highest BCUT2D eigenvalue weighted by atomic mass is 16.4. The van der Waals surface area contributed by atoms with Gasteiger partial charge >= 0.3 is 5.97 Å². The monoisotopic (exact) mass is 335 g/mol. The molecule has 0 bridgehead atoms. The van der Waals surface area contributed by atoms with E-state index < -0.39 is 5.97 Å². The van der Waals surface area contributed by atoms with Crippen LogP contribution in [0.2, 0.25) is 0 Å². The van der Waals surface area contributed by atoms with Gasteiger partial charge in [-0.3, -0.25) is 0 Å². The standard InChI is InChI=1S/C20H21N3O2/c1-2-3-6-17-13-21-22-23(17)14-15-9-11-16(12-10-15)18-7-4-5-8-19(18)20(24)25/h4-5,7-13H,2-3,6,14H2,1H3,(H,24,25). The van der Waals surface area contributed by atoms with E-state index in [0.29, 0.717) is 12.1 Å². The molecule has 1 heterocycles. The van der Waals surface area contributed by atoms with Crippen molar-refractivity contribution in [3.8, 4) is 11.1 Å². The second-order valence-corrected chi connectivity index (χ2v) is 6.03. The number of hydrogen-bond acceptors (Lipinski definition) is 3. The molecule has 0 fully saturated rings. The molecule has 1 N–H and O–H groups in total. The van der Waals surface area contributed by atoms with E-state index in [0.717, 1.165) is 41.6 Å². The van der Waals surface area contributed by atoms with Gasteiger partial charge in [-0.1, -0.05) is 61.0 Å². The third-order valence-electron chi connectivity index (χ3n) is 4.24. The van der Waals surface area contributed by atoms with Crippen LogP contribution in [0, 0.1) is 0 Å². The van der Waals surface area contributed by atoms with Crippen LogP contribution < -0.4 is 0 Å². The number of nitrogens with zero attached hydrogens (tertiary/aromatic N) is 3. The van der Waals surface area contributed by atoms with Gasteiger partial charge in [-0.25, -0.2) is 9.48 Å². The second-order valence-electron chi connectivity index (χ2n) is 6.03. The van der Waals surface area contributed by atoms with Gasteiger partial charge in [-0.2, -0.15) is 0 Å². The molecule has 25 heavy (non-hydrogen) atoms. The lowest BCUT2D eigenvalue weighted by molar-refractivity contribution is 0.0697. The molecule has 5 nitrogen and oxygen atoms in total. The number of aromatic nitrogens is 3. The highest BCUT2D eigenvalue weighted by Crippen LogP contribution is 2.24. The van der Waals surface area contributed by atoms with Gasteiger partial charge in [0, 0.05) is 0 Å². The molecule has 0 aliphatic rings. The number of carbonyl (C=O) groups is 1. The molecule has 5 heteroatoms. The van der Waals surface area contributed by atoms with Gasteiger partial charge < -0.3 is 5.11 Å². The number of unbranched alkanes of at least 4 members (excludes halogenated alkanes) is 1. The van der Waals surface area contributed by atoms with Crippen LogP contribution in [0.1, 0.15) is 41.4 Å². The summed E-state index contributed by atoms with van der Waals surface area (Å²) in [4.78, 5) is 11.4. The van der Waals surface area contributed by atoms with E-state index >= 15 is 0 Å². The first-order chi connectivity index (χ1) is 12.2. The zero-order chi connectivity index (χ0) is 17.6. The first kappa shape index (κ1) is 16.9. The number of carboxylic acids is 1. The lowest BCUT2D eigenvalue weighted by Crippen LogP contribution is -2.06. The first-order valence-electron chi connectivity index (χ1n) is 8.48. The van der Waals surface area contributed by atoms with Crippen molar-refractivity contribution in [3.63, 3.8) is 0 Å². The fourth-order valence-corrected chi connectivity index (χ4v) is 2.85. The number of hydrogen-bond donors (Lipinski definition) is 1. The predicted octanol–water partition coefficient (Wildman–Crippen LogP) is 4.03. The van der Waals surface area contributed by atoms with Crippen LogP contribution in [0.15, 0.2) is 54.7 Å². The van der Waals surface area contributed by atoms with E-state index in [4.69, 9.17) is 0 Å². The minimum atomic E-state index is -0.914. The maximum Gasteiger partial charge on any atom is 0.336 e. The molecule has 0 aliphatic heterocycles. The second kappa shape index (κ2) is 7.75. The Balaban J connectivity index is 1.80. The molecule has 3 aromatic rings. The van der Waals surface area contributed by atoms with Crippen molar-refractivity contribution in [2.75, 3.05) is 0 Å². The van der Waals surface area contributed by atoms with E-state index in [1.165, 1.54) is 0 Å². The summed E-state index contributed by atoms with van der Waals surface area (Å²) in [6.07, 6.45) is 5.07. The Bertz CT molecular complexity index is 853. The molecular weight excluding hydrogens is 314 g/mol. The topological polar surface area (TPSA) is 68.0 Å². The Kier molecular flexibility index (Phi) is 5.23. The molecule has 0 spiro atoms. The quantitative estimate of drug-likeness (QED) is 0.708. The normalized spacial score (nSPS) is 10.8. The van der Waals surface area contributed by atoms with Crippen molar-refractivity contribution < 1.29 is 9.90 Å². The van der Waals surface area contributed by atoms with E-state index in [-0.39, 0.29) is 0 Å². The third kappa shape index (κ3) is 3.94. The van der Waals surface area contributed by atoms with E-state index in [1.54, 1.807) is 12.1 Å². The van der Waals surface area contributed by atoms with Gasteiger partial charge in [0.15, 0.2) is 0 Å². The molecule has 128 valence electrons. The van der Waals surface area contributed by atoms with Gasteiger partial charge in [0.05, 0.1) is 24.0 Å². The van der Waals surface area contributed by atoms with Crippen LogP contribution in [0.5, 0.6) is 0 Å². The fraction of sp³-hybridized carbons (Fsp3) is 0.250. The minimum absolute atomic E-state index is 0.313. The first-order valence-corrected chi connectivity index (χ1v) is 8.48. The van der Waals surface area contributed by atoms with Gasteiger partial charge in [0.25, 0.3) is 0 Å². The maximum atomic E-state index is 11.4. The van der Waals surface area contributed by atoms with Crippen molar-refractivity contribution in [1.29, 1.82) is 0 Å². The highest BCUT2D eigenvalue weighted by molar-refractivity contribution is 5.95. The van der Waals surface area contributed by atoms with Gasteiger partial charge in [0.1, 0.15) is 0 Å². The smallest absolute Gasteiger partial charge is 0.336 e. The Labute approximate surface area is 146 Å². The average molecular weight is 335 g/mol. The molecule has 2 aromatic carbocycles. The van der Waals surface area contributed by atoms with Gasteiger partial charge in [-0.05, 0) is 35.6 Å². The van der Waals surface area contributed by atoms with Crippen molar-refractivity contribution >= 4 is 5.97 Å². The van der Waals surface area contributed by atoms with E-state index in [9.17, 15) is 9.90 Å². The molecule has 0 aliphatic carbocycles. The predicted molar refractivity (Wildman–Crippen MR) is 96.6 cm³/mol. The van der Waals surface area contributed by atoms with Gasteiger partial charge in [0.2, 0.25) is 0 Å². The summed E-state index contributed by atoms with van der Waals surface area (Å²) in [6.45, 7) is 2.84. The highest BCUT2D eigenvalue weighted by Gasteiger charge is 2.11. The summed E-state index contributed by atoms with van der Waals surface area (Å²) in [5.41, 5.74) is 4.19.